The van der Waals surface area contributed by atoms with Gasteiger partial charge in [0.15, 0.2) is 17.5 Å². The molecule has 0 spiro atoms. The third-order valence-corrected chi connectivity index (χ3v) is 6.11. The molecule has 0 radical (unpaired) electrons. The molecule has 174 valence electrons. The summed E-state index contributed by atoms with van der Waals surface area (Å²) in [5.74, 6) is 2.52. The maximum atomic E-state index is 5.94. The Labute approximate surface area is 208 Å². The molecule has 2 unspecified atom stereocenters. The van der Waals surface area contributed by atoms with Gasteiger partial charge in [0.25, 0.3) is 0 Å². The fourth-order valence-electron chi connectivity index (χ4n) is 4.36. The van der Waals surface area contributed by atoms with Gasteiger partial charge in [0, 0.05) is 50.7 Å². The molecule has 2 aliphatic rings. The molecular formula is C25H35IN4O2. The lowest BCUT2D eigenvalue weighted by atomic mass is 9.97. The van der Waals surface area contributed by atoms with Gasteiger partial charge >= 0.3 is 0 Å². The van der Waals surface area contributed by atoms with Crippen molar-refractivity contribution in [1.82, 2.24) is 15.5 Å². The fraction of sp³-hybridized carbons (Fsp3) is 0.480. The molecule has 0 bridgehead atoms. The Balaban J connectivity index is 0.00000289. The third-order valence-electron chi connectivity index (χ3n) is 6.11. The van der Waals surface area contributed by atoms with Crippen LogP contribution in [-0.4, -0.2) is 49.7 Å². The van der Waals surface area contributed by atoms with Crippen LogP contribution < -0.4 is 20.1 Å². The van der Waals surface area contributed by atoms with Crippen LogP contribution in [0, 0.1) is 0 Å². The van der Waals surface area contributed by atoms with Crippen LogP contribution in [0.5, 0.6) is 11.5 Å². The minimum atomic E-state index is 0. The van der Waals surface area contributed by atoms with E-state index in [1.165, 1.54) is 5.56 Å². The van der Waals surface area contributed by atoms with Crippen molar-refractivity contribution in [3.63, 3.8) is 0 Å². The second kappa shape index (κ2) is 12.3. The first-order chi connectivity index (χ1) is 15.2. The minimum absolute atomic E-state index is 0. The van der Waals surface area contributed by atoms with Gasteiger partial charge in [-0.2, -0.15) is 0 Å². The Bertz CT molecular complexity index is 878. The lowest BCUT2D eigenvalue weighted by molar-refractivity contribution is 0.134. The number of piperidine rings is 1. The quantitative estimate of drug-likeness (QED) is 0.333. The Kier molecular flexibility index (Phi) is 9.47. The van der Waals surface area contributed by atoms with E-state index in [0.717, 1.165) is 55.4 Å². The zero-order valence-corrected chi connectivity index (χ0v) is 21.4. The van der Waals surface area contributed by atoms with E-state index in [4.69, 9.17) is 9.47 Å². The normalized spacial score (nSPS) is 21.2. The van der Waals surface area contributed by atoms with Crippen LogP contribution in [0.15, 0.2) is 53.5 Å². The van der Waals surface area contributed by atoms with Crippen molar-refractivity contribution in [2.75, 3.05) is 26.8 Å². The second-order valence-corrected chi connectivity index (χ2v) is 8.39. The highest BCUT2D eigenvalue weighted by Crippen LogP contribution is 2.33. The molecule has 0 aliphatic carbocycles. The van der Waals surface area contributed by atoms with Crippen LogP contribution >= 0.6 is 24.0 Å². The Morgan fingerprint density at radius 1 is 1.09 bits per heavy atom. The Morgan fingerprint density at radius 3 is 2.69 bits per heavy atom. The first kappa shape index (κ1) is 24.6. The molecular weight excluding hydrogens is 515 g/mol. The number of nitrogens with one attached hydrogen (secondary N) is 2. The standard InChI is InChI=1S/C25H34N4O2.HI/c1-19-16-22(12-13-29(19)18-20-8-4-3-5-9-20)28-25(26-2)27-17-21-10-6-11-23-24(21)31-15-7-14-30-23;/h3-6,8-11,19,22H,7,12-18H2,1-2H3,(H2,26,27,28);1H. The number of rotatable bonds is 5. The highest BCUT2D eigenvalue weighted by molar-refractivity contribution is 14.0. The molecule has 0 saturated carbocycles. The predicted molar refractivity (Wildman–Crippen MR) is 140 cm³/mol. The highest BCUT2D eigenvalue weighted by Gasteiger charge is 2.26. The Hall–Kier alpha value is -2.00. The zero-order valence-electron chi connectivity index (χ0n) is 19.0. The van der Waals surface area contributed by atoms with E-state index in [1.807, 2.05) is 19.2 Å². The number of benzene rings is 2. The van der Waals surface area contributed by atoms with Gasteiger partial charge in [-0.15, -0.1) is 24.0 Å². The number of hydrogen-bond donors (Lipinski definition) is 2. The van der Waals surface area contributed by atoms with E-state index < -0.39 is 0 Å². The van der Waals surface area contributed by atoms with Crippen molar-refractivity contribution in [3.8, 4) is 11.5 Å². The Morgan fingerprint density at radius 2 is 1.91 bits per heavy atom. The van der Waals surface area contributed by atoms with Crippen molar-refractivity contribution in [1.29, 1.82) is 0 Å². The second-order valence-electron chi connectivity index (χ2n) is 8.39. The largest absolute Gasteiger partial charge is 0.490 e. The number of likely N-dealkylation sites (tertiary alicyclic amines) is 1. The predicted octanol–water partition coefficient (Wildman–Crippen LogP) is 4.18. The first-order valence-corrected chi connectivity index (χ1v) is 11.4. The molecule has 1 fully saturated rings. The van der Waals surface area contributed by atoms with Gasteiger partial charge in [0.1, 0.15) is 0 Å². The fourth-order valence-corrected chi connectivity index (χ4v) is 4.36. The summed E-state index contributed by atoms with van der Waals surface area (Å²) in [6.07, 6.45) is 3.12. The summed E-state index contributed by atoms with van der Waals surface area (Å²) in [6.45, 7) is 6.47. The van der Waals surface area contributed by atoms with E-state index in [0.29, 0.717) is 31.8 Å². The summed E-state index contributed by atoms with van der Waals surface area (Å²) in [6, 6.07) is 17.8. The van der Waals surface area contributed by atoms with Crippen molar-refractivity contribution in [2.24, 2.45) is 4.99 Å². The van der Waals surface area contributed by atoms with E-state index >= 15 is 0 Å². The van der Waals surface area contributed by atoms with Gasteiger partial charge in [0.2, 0.25) is 0 Å². The van der Waals surface area contributed by atoms with Crippen LogP contribution in [-0.2, 0) is 13.1 Å². The van der Waals surface area contributed by atoms with Crippen LogP contribution in [0.25, 0.3) is 0 Å². The molecule has 2 aliphatic heterocycles. The van der Waals surface area contributed by atoms with Crippen molar-refractivity contribution >= 4 is 29.9 Å². The molecule has 2 aromatic carbocycles. The average Bonchev–Trinajstić information content (AvgIpc) is 3.05. The van der Waals surface area contributed by atoms with Crippen LogP contribution in [0.2, 0.25) is 0 Å². The average molecular weight is 550 g/mol. The molecule has 0 aromatic heterocycles. The molecule has 2 atom stereocenters. The number of nitrogens with zero attached hydrogens (tertiary/aromatic N) is 2. The molecule has 6 nitrogen and oxygen atoms in total. The molecule has 2 aromatic rings. The van der Waals surface area contributed by atoms with E-state index in [9.17, 15) is 0 Å². The number of aliphatic imine (C=N–C) groups is 1. The molecule has 32 heavy (non-hydrogen) atoms. The van der Waals surface area contributed by atoms with Gasteiger partial charge in [-0.1, -0.05) is 42.5 Å². The molecule has 2 heterocycles. The van der Waals surface area contributed by atoms with E-state index in [2.05, 4.69) is 63.8 Å². The number of hydrogen-bond acceptors (Lipinski definition) is 4. The van der Waals surface area contributed by atoms with Crippen molar-refractivity contribution in [3.05, 3.63) is 59.7 Å². The summed E-state index contributed by atoms with van der Waals surface area (Å²) in [4.78, 5) is 7.02. The van der Waals surface area contributed by atoms with Crippen LogP contribution in [0.1, 0.15) is 37.3 Å². The smallest absolute Gasteiger partial charge is 0.191 e. The highest BCUT2D eigenvalue weighted by atomic mass is 127. The number of guanidine groups is 1. The topological polar surface area (TPSA) is 58.1 Å². The van der Waals surface area contributed by atoms with Gasteiger partial charge in [-0.3, -0.25) is 9.89 Å². The van der Waals surface area contributed by atoms with Crippen molar-refractivity contribution < 1.29 is 9.47 Å². The van der Waals surface area contributed by atoms with Crippen LogP contribution in [0.3, 0.4) is 0 Å². The lowest BCUT2D eigenvalue weighted by Crippen LogP contribution is -2.51. The number of ether oxygens (including phenoxy) is 2. The molecule has 1 saturated heterocycles. The monoisotopic (exact) mass is 550 g/mol. The van der Waals surface area contributed by atoms with Crippen molar-refractivity contribution in [2.45, 2.75) is 51.4 Å². The van der Waals surface area contributed by atoms with E-state index in [-0.39, 0.29) is 24.0 Å². The minimum Gasteiger partial charge on any atom is -0.490 e. The summed E-state index contributed by atoms with van der Waals surface area (Å²) in [5, 5.41) is 7.08. The summed E-state index contributed by atoms with van der Waals surface area (Å²) < 4.78 is 11.7. The third kappa shape index (κ3) is 6.51. The van der Waals surface area contributed by atoms with Gasteiger partial charge < -0.3 is 20.1 Å². The maximum absolute atomic E-state index is 5.94. The number of fused-ring (bicyclic) bond motifs is 1. The van der Waals surface area contributed by atoms with Crippen LogP contribution in [0.4, 0.5) is 0 Å². The number of para-hydroxylation sites is 1. The van der Waals surface area contributed by atoms with Gasteiger partial charge in [-0.05, 0) is 31.4 Å². The van der Waals surface area contributed by atoms with Gasteiger partial charge in [0.05, 0.1) is 13.2 Å². The van der Waals surface area contributed by atoms with Gasteiger partial charge in [-0.25, -0.2) is 0 Å². The lowest BCUT2D eigenvalue weighted by Gasteiger charge is -2.38. The molecule has 0 amide bonds. The summed E-state index contributed by atoms with van der Waals surface area (Å²) in [7, 11) is 1.83. The summed E-state index contributed by atoms with van der Waals surface area (Å²) in [5.41, 5.74) is 2.47. The SMILES string of the molecule is CN=C(NCc1cccc2c1OCCCO2)NC1CCN(Cc2ccccc2)C(C)C1.I. The molecule has 4 rings (SSSR count). The first-order valence-electron chi connectivity index (χ1n) is 11.4. The number of halogens is 1. The maximum Gasteiger partial charge on any atom is 0.191 e. The molecule has 2 N–H and O–H groups in total. The van der Waals surface area contributed by atoms with E-state index in [1.54, 1.807) is 0 Å². The summed E-state index contributed by atoms with van der Waals surface area (Å²) >= 11 is 0. The molecule has 7 heteroatoms. The zero-order chi connectivity index (χ0) is 21.5.